The van der Waals surface area contributed by atoms with Gasteiger partial charge in [-0.3, -0.25) is 4.79 Å². The minimum absolute atomic E-state index is 0.161. The molecule has 1 saturated carbocycles. The number of ether oxygens (including phenoxy) is 1. The molecule has 1 aromatic rings. The molecule has 1 aliphatic rings. The van der Waals surface area contributed by atoms with E-state index in [1.807, 2.05) is 38.1 Å². The summed E-state index contributed by atoms with van der Waals surface area (Å²) in [6.07, 6.45) is 1.12. The summed E-state index contributed by atoms with van der Waals surface area (Å²) in [7, 11) is 3.06. The van der Waals surface area contributed by atoms with Crippen molar-refractivity contribution in [2.24, 2.45) is 0 Å². The molecule has 1 radical (unpaired) electrons. The van der Waals surface area contributed by atoms with Gasteiger partial charge >= 0.3 is 13.5 Å². The number of methoxy groups -OCH3 is 1. The summed E-state index contributed by atoms with van der Waals surface area (Å²) in [6, 6.07) is 7.70. The van der Waals surface area contributed by atoms with Crippen LogP contribution >= 0.6 is 0 Å². The van der Waals surface area contributed by atoms with Crippen molar-refractivity contribution in [2.75, 3.05) is 7.11 Å². The summed E-state index contributed by atoms with van der Waals surface area (Å²) in [4.78, 5) is 11.8. The first-order chi connectivity index (χ1) is 9.82. The first-order valence-corrected chi connectivity index (χ1v) is 7.20. The lowest BCUT2D eigenvalue weighted by Crippen LogP contribution is -2.40. The highest BCUT2D eigenvalue weighted by Crippen LogP contribution is 2.48. The van der Waals surface area contributed by atoms with E-state index in [0.29, 0.717) is 0 Å². The number of hydrogen-bond donors (Lipinski definition) is 1. The number of aliphatic hydroxyl groups is 1. The van der Waals surface area contributed by atoms with Gasteiger partial charge in [-0.05, 0) is 39.2 Å². The third kappa shape index (κ3) is 3.30. The van der Waals surface area contributed by atoms with Crippen LogP contribution < -0.4 is 5.46 Å². The van der Waals surface area contributed by atoms with Crippen LogP contribution in [0.15, 0.2) is 24.3 Å². The summed E-state index contributed by atoms with van der Waals surface area (Å²) in [5.74, 6) is -0.161. The zero-order valence-electron chi connectivity index (χ0n) is 13.1. The fraction of sp³-hybridized carbons (Fsp3) is 0.562. The van der Waals surface area contributed by atoms with Gasteiger partial charge in [-0.2, -0.15) is 0 Å². The fourth-order valence-electron chi connectivity index (χ4n) is 2.13. The molecule has 1 aromatic carbocycles. The van der Waals surface area contributed by atoms with Crippen molar-refractivity contribution >= 4 is 18.9 Å². The standard InChI is InChI=1S/C16H22BO4/c1-11(18)15(2,3)21-17-13-7-5-12(6-8-13)16(9-10-16)14(19)20-4/h5-8,11,18H,9-10H2,1-4H3. The molecule has 0 bridgehead atoms. The van der Waals surface area contributed by atoms with E-state index in [1.165, 1.54) is 7.11 Å². The van der Waals surface area contributed by atoms with Crippen molar-refractivity contribution in [3.8, 4) is 0 Å². The predicted octanol–water partition coefficient (Wildman–Crippen LogP) is 1.31. The van der Waals surface area contributed by atoms with E-state index in [4.69, 9.17) is 9.39 Å². The van der Waals surface area contributed by atoms with E-state index in [1.54, 1.807) is 14.4 Å². The van der Waals surface area contributed by atoms with Gasteiger partial charge in [0.1, 0.15) is 0 Å². The van der Waals surface area contributed by atoms with E-state index in [-0.39, 0.29) is 5.97 Å². The zero-order chi connectivity index (χ0) is 15.7. The molecule has 0 aromatic heterocycles. The molecule has 1 unspecified atom stereocenters. The highest BCUT2D eigenvalue weighted by Gasteiger charge is 2.52. The summed E-state index contributed by atoms with van der Waals surface area (Å²) in [6.45, 7) is 5.36. The minimum atomic E-state index is -0.637. The van der Waals surface area contributed by atoms with E-state index < -0.39 is 17.1 Å². The summed E-state index contributed by atoms with van der Waals surface area (Å²) in [5, 5.41) is 9.61. The topological polar surface area (TPSA) is 55.8 Å². The zero-order valence-corrected chi connectivity index (χ0v) is 13.1. The second-order valence-corrected chi connectivity index (χ2v) is 6.21. The number of carbonyl (C=O) groups excluding carboxylic acids is 1. The molecule has 5 heteroatoms. The predicted molar refractivity (Wildman–Crippen MR) is 81.6 cm³/mol. The SMILES string of the molecule is COC(=O)C1(c2ccc([B]OC(C)(C)C(C)O)cc2)CC1. The van der Waals surface area contributed by atoms with Crippen molar-refractivity contribution in [3.05, 3.63) is 29.8 Å². The fourth-order valence-corrected chi connectivity index (χ4v) is 2.13. The lowest BCUT2D eigenvalue weighted by molar-refractivity contribution is -0.143. The second-order valence-electron chi connectivity index (χ2n) is 6.21. The lowest BCUT2D eigenvalue weighted by atomic mass is 9.83. The highest BCUT2D eigenvalue weighted by atomic mass is 16.5. The van der Waals surface area contributed by atoms with Crippen molar-refractivity contribution < 1.29 is 19.3 Å². The highest BCUT2D eigenvalue weighted by molar-refractivity contribution is 6.47. The van der Waals surface area contributed by atoms with Crippen molar-refractivity contribution in [1.82, 2.24) is 0 Å². The molecule has 1 N–H and O–H groups in total. The van der Waals surface area contributed by atoms with Crippen LogP contribution in [0, 0.1) is 0 Å². The normalized spacial score (nSPS) is 18.0. The van der Waals surface area contributed by atoms with Crippen molar-refractivity contribution in [1.29, 1.82) is 0 Å². The Hall–Kier alpha value is -1.33. The van der Waals surface area contributed by atoms with Crippen LogP contribution in [0.4, 0.5) is 0 Å². The molecule has 0 amide bonds. The van der Waals surface area contributed by atoms with Gasteiger partial charge in [0.2, 0.25) is 0 Å². The second kappa shape index (κ2) is 5.81. The Morgan fingerprint density at radius 2 is 1.90 bits per heavy atom. The summed E-state index contributed by atoms with van der Waals surface area (Å²) < 4.78 is 10.5. The van der Waals surface area contributed by atoms with Gasteiger partial charge in [-0.25, -0.2) is 0 Å². The molecular formula is C16H22BO4. The molecule has 0 spiro atoms. The quantitative estimate of drug-likeness (QED) is 0.634. The molecule has 2 rings (SSSR count). The van der Waals surface area contributed by atoms with E-state index in [9.17, 15) is 9.90 Å². The molecule has 4 nitrogen and oxygen atoms in total. The summed E-state index contributed by atoms with van der Waals surface area (Å²) >= 11 is 0. The van der Waals surface area contributed by atoms with Crippen LogP contribution in [0.3, 0.4) is 0 Å². The van der Waals surface area contributed by atoms with E-state index in [0.717, 1.165) is 23.9 Å². The molecule has 1 atom stereocenters. The first kappa shape index (κ1) is 16.1. The Balaban J connectivity index is 2.02. The number of hydrogen-bond acceptors (Lipinski definition) is 4. The average Bonchev–Trinajstić information content (AvgIpc) is 3.26. The molecule has 0 saturated heterocycles. The molecule has 21 heavy (non-hydrogen) atoms. The van der Waals surface area contributed by atoms with Crippen LogP contribution in [0.2, 0.25) is 0 Å². The number of esters is 1. The van der Waals surface area contributed by atoms with Crippen LogP contribution in [0.1, 0.15) is 39.2 Å². The van der Waals surface area contributed by atoms with Gasteiger partial charge in [0.25, 0.3) is 0 Å². The number of carbonyl (C=O) groups is 1. The van der Waals surface area contributed by atoms with E-state index in [2.05, 4.69) is 0 Å². The lowest BCUT2D eigenvalue weighted by Gasteiger charge is -2.28. The Kier molecular flexibility index (Phi) is 4.44. The number of rotatable bonds is 6. The molecule has 0 aliphatic heterocycles. The van der Waals surface area contributed by atoms with Gasteiger partial charge in [0.05, 0.1) is 24.2 Å². The third-order valence-electron chi connectivity index (χ3n) is 4.29. The third-order valence-corrected chi connectivity index (χ3v) is 4.29. The maximum absolute atomic E-state index is 11.8. The number of aliphatic hydroxyl groups excluding tert-OH is 1. The Labute approximate surface area is 126 Å². The largest absolute Gasteiger partial charge is 0.468 e. The van der Waals surface area contributed by atoms with Gasteiger partial charge < -0.3 is 14.5 Å². The molecular weight excluding hydrogens is 267 g/mol. The van der Waals surface area contributed by atoms with Crippen LogP contribution in [0.25, 0.3) is 0 Å². The maximum Gasteiger partial charge on any atom is 0.330 e. The van der Waals surface area contributed by atoms with E-state index >= 15 is 0 Å². The van der Waals surface area contributed by atoms with Crippen molar-refractivity contribution in [3.63, 3.8) is 0 Å². The molecule has 113 valence electrons. The Morgan fingerprint density at radius 1 is 1.33 bits per heavy atom. The monoisotopic (exact) mass is 289 g/mol. The Bertz CT molecular complexity index is 504. The average molecular weight is 289 g/mol. The smallest absolute Gasteiger partial charge is 0.330 e. The van der Waals surface area contributed by atoms with Gasteiger partial charge in [0, 0.05) is 0 Å². The molecule has 0 heterocycles. The van der Waals surface area contributed by atoms with Crippen LogP contribution in [0.5, 0.6) is 0 Å². The maximum atomic E-state index is 11.8. The Morgan fingerprint density at radius 3 is 2.33 bits per heavy atom. The van der Waals surface area contributed by atoms with Gasteiger partial charge in [-0.1, -0.05) is 29.7 Å². The van der Waals surface area contributed by atoms with Crippen LogP contribution in [-0.4, -0.2) is 37.4 Å². The van der Waals surface area contributed by atoms with Crippen molar-refractivity contribution in [2.45, 2.75) is 50.7 Å². The van der Waals surface area contributed by atoms with Crippen LogP contribution in [-0.2, 0) is 19.6 Å². The van der Waals surface area contributed by atoms with Gasteiger partial charge in [0.15, 0.2) is 0 Å². The minimum Gasteiger partial charge on any atom is -0.468 e. The van der Waals surface area contributed by atoms with Gasteiger partial charge in [-0.15, -0.1) is 0 Å². The number of benzene rings is 1. The molecule has 1 aliphatic carbocycles. The molecule has 1 fully saturated rings. The first-order valence-electron chi connectivity index (χ1n) is 7.20. The summed E-state index contributed by atoms with van der Waals surface area (Å²) in [5.41, 5.74) is 0.810.